The van der Waals surface area contributed by atoms with Gasteiger partial charge in [-0.05, 0) is 49.6 Å². The molecule has 2 nitrogen and oxygen atoms in total. The molecule has 0 saturated carbocycles. The van der Waals surface area contributed by atoms with E-state index in [0.29, 0.717) is 5.75 Å². The molecule has 2 aromatic rings. The van der Waals surface area contributed by atoms with Crippen molar-refractivity contribution in [2.45, 2.75) is 26.7 Å². The first kappa shape index (κ1) is 13.3. The summed E-state index contributed by atoms with van der Waals surface area (Å²) in [5.74, 6) is 0.128. The Bertz CT molecular complexity index is 553. The molecule has 0 radical (unpaired) electrons. The molecule has 2 rings (SSSR count). The Morgan fingerprint density at radius 1 is 1.00 bits per heavy atom. The molecule has 0 amide bonds. The summed E-state index contributed by atoms with van der Waals surface area (Å²) in [6.45, 7) is 5.84. The SMILES string of the molecule is Cc1cc(C)cc(OC(=O)C(C)c2ccccc2)c1. The predicted octanol–water partition coefficient (Wildman–Crippen LogP) is 4.01. The highest BCUT2D eigenvalue weighted by Crippen LogP contribution is 2.21. The van der Waals surface area contributed by atoms with E-state index in [1.54, 1.807) is 0 Å². The summed E-state index contributed by atoms with van der Waals surface area (Å²) in [5.41, 5.74) is 3.15. The average molecular weight is 254 g/mol. The highest BCUT2D eigenvalue weighted by atomic mass is 16.5. The summed E-state index contributed by atoms with van der Waals surface area (Å²) in [7, 11) is 0. The number of benzene rings is 2. The topological polar surface area (TPSA) is 26.3 Å². The summed E-state index contributed by atoms with van der Waals surface area (Å²) < 4.78 is 5.45. The fourth-order valence-corrected chi connectivity index (χ4v) is 2.07. The number of hydrogen-bond acceptors (Lipinski definition) is 2. The molecule has 0 spiro atoms. The Labute approximate surface area is 114 Å². The van der Waals surface area contributed by atoms with Gasteiger partial charge in [0.05, 0.1) is 5.92 Å². The third-order valence-electron chi connectivity index (χ3n) is 3.07. The van der Waals surface area contributed by atoms with Crippen LogP contribution in [0.15, 0.2) is 48.5 Å². The third kappa shape index (κ3) is 3.44. The molecular weight excluding hydrogens is 236 g/mol. The quantitative estimate of drug-likeness (QED) is 0.611. The molecule has 0 aromatic heterocycles. The highest BCUT2D eigenvalue weighted by molar-refractivity contribution is 5.79. The molecule has 2 heteroatoms. The van der Waals surface area contributed by atoms with Gasteiger partial charge in [0.2, 0.25) is 0 Å². The van der Waals surface area contributed by atoms with Gasteiger partial charge in [-0.1, -0.05) is 36.4 Å². The fourth-order valence-electron chi connectivity index (χ4n) is 2.07. The molecule has 0 N–H and O–H groups in total. The zero-order chi connectivity index (χ0) is 13.8. The van der Waals surface area contributed by atoms with Crippen LogP contribution in [0.4, 0.5) is 0 Å². The lowest BCUT2D eigenvalue weighted by molar-refractivity contribution is -0.135. The van der Waals surface area contributed by atoms with Gasteiger partial charge in [0, 0.05) is 0 Å². The van der Waals surface area contributed by atoms with E-state index in [0.717, 1.165) is 16.7 Å². The van der Waals surface area contributed by atoms with E-state index in [1.807, 2.05) is 63.2 Å². The van der Waals surface area contributed by atoms with Crippen LogP contribution in [-0.4, -0.2) is 5.97 Å². The maximum atomic E-state index is 12.1. The predicted molar refractivity (Wildman–Crippen MR) is 76.4 cm³/mol. The van der Waals surface area contributed by atoms with Crippen molar-refractivity contribution in [1.82, 2.24) is 0 Å². The number of hydrogen-bond donors (Lipinski definition) is 0. The van der Waals surface area contributed by atoms with Crippen molar-refractivity contribution >= 4 is 5.97 Å². The van der Waals surface area contributed by atoms with Crippen LogP contribution >= 0.6 is 0 Å². The van der Waals surface area contributed by atoms with Crippen LogP contribution in [-0.2, 0) is 4.79 Å². The molecular formula is C17H18O2. The van der Waals surface area contributed by atoms with Crippen LogP contribution in [0, 0.1) is 13.8 Å². The maximum absolute atomic E-state index is 12.1. The lowest BCUT2D eigenvalue weighted by atomic mass is 10.0. The molecule has 1 unspecified atom stereocenters. The van der Waals surface area contributed by atoms with Crippen molar-refractivity contribution in [2.75, 3.05) is 0 Å². The molecule has 2 aromatic carbocycles. The first-order chi connectivity index (χ1) is 9.06. The van der Waals surface area contributed by atoms with E-state index in [-0.39, 0.29) is 11.9 Å². The van der Waals surface area contributed by atoms with Gasteiger partial charge in [-0.25, -0.2) is 0 Å². The molecule has 0 aliphatic heterocycles. The van der Waals surface area contributed by atoms with Gasteiger partial charge < -0.3 is 4.74 Å². The number of aryl methyl sites for hydroxylation is 2. The molecule has 0 fully saturated rings. The second-order valence-electron chi connectivity index (χ2n) is 4.88. The van der Waals surface area contributed by atoms with Crippen LogP contribution in [0.25, 0.3) is 0 Å². The number of esters is 1. The largest absolute Gasteiger partial charge is 0.426 e. The second kappa shape index (κ2) is 5.70. The minimum atomic E-state index is -0.262. The van der Waals surface area contributed by atoms with Crippen LogP contribution in [0.5, 0.6) is 5.75 Å². The highest BCUT2D eigenvalue weighted by Gasteiger charge is 2.17. The second-order valence-corrected chi connectivity index (χ2v) is 4.88. The number of carbonyl (C=O) groups is 1. The van der Waals surface area contributed by atoms with E-state index in [9.17, 15) is 4.79 Å². The van der Waals surface area contributed by atoms with Crippen LogP contribution in [0.2, 0.25) is 0 Å². The monoisotopic (exact) mass is 254 g/mol. The van der Waals surface area contributed by atoms with E-state index in [1.165, 1.54) is 0 Å². The first-order valence-corrected chi connectivity index (χ1v) is 6.41. The van der Waals surface area contributed by atoms with Crippen LogP contribution < -0.4 is 4.74 Å². The van der Waals surface area contributed by atoms with Crippen LogP contribution in [0.3, 0.4) is 0 Å². The lowest BCUT2D eigenvalue weighted by Gasteiger charge is -2.12. The Kier molecular flexibility index (Phi) is 4.00. The van der Waals surface area contributed by atoms with Gasteiger partial charge in [-0.3, -0.25) is 4.79 Å². The van der Waals surface area contributed by atoms with Crippen molar-refractivity contribution in [2.24, 2.45) is 0 Å². The van der Waals surface area contributed by atoms with Crippen molar-refractivity contribution in [3.8, 4) is 5.75 Å². The standard InChI is InChI=1S/C17H18O2/c1-12-9-13(2)11-16(10-12)19-17(18)14(3)15-7-5-4-6-8-15/h4-11,14H,1-3H3. The first-order valence-electron chi connectivity index (χ1n) is 6.41. The van der Waals surface area contributed by atoms with Crippen molar-refractivity contribution in [3.05, 3.63) is 65.2 Å². The maximum Gasteiger partial charge on any atom is 0.318 e. The van der Waals surface area contributed by atoms with Gasteiger partial charge in [0.15, 0.2) is 0 Å². The number of rotatable bonds is 3. The summed E-state index contributed by atoms with van der Waals surface area (Å²) in [6.07, 6.45) is 0. The molecule has 0 aliphatic rings. The summed E-state index contributed by atoms with van der Waals surface area (Å²) >= 11 is 0. The molecule has 0 saturated heterocycles. The van der Waals surface area contributed by atoms with E-state index < -0.39 is 0 Å². The summed E-state index contributed by atoms with van der Waals surface area (Å²) in [4.78, 5) is 12.1. The Hall–Kier alpha value is -2.09. The molecule has 19 heavy (non-hydrogen) atoms. The molecule has 0 bridgehead atoms. The fraction of sp³-hybridized carbons (Fsp3) is 0.235. The van der Waals surface area contributed by atoms with Crippen molar-refractivity contribution in [1.29, 1.82) is 0 Å². The van der Waals surface area contributed by atoms with E-state index in [4.69, 9.17) is 4.74 Å². The van der Waals surface area contributed by atoms with Gasteiger partial charge >= 0.3 is 5.97 Å². The minimum Gasteiger partial charge on any atom is -0.426 e. The number of ether oxygens (including phenoxy) is 1. The molecule has 1 atom stereocenters. The molecule has 0 heterocycles. The normalized spacial score (nSPS) is 11.9. The van der Waals surface area contributed by atoms with E-state index in [2.05, 4.69) is 6.07 Å². The van der Waals surface area contributed by atoms with Gasteiger partial charge in [-0.15, -0.1) is 0 Å². The van der Waals surface area contributed by atoms with E-state index >= 15 is 0 Å². The summed E-state index contributed by atoms with van der Waals surface area (Å²) in [5, 5.41) is 0. The average Bonchev–Trinajstić information content (AvgIpc) is 2.37. The minimum absolute atomic E-state index is 0.226. The smallest absolute Gasteiger partial charge is 0.318 e. The molecule has 0 aliphatic carbocycles. The Morgan fingerprint density at radius 2 is 1.58 bits per heavy atom. The Morgan fingerprint density at radius 3 is 2.16 bits per heavy atom. The summed E-state index contributed by atoms with van der Waals surface area (Å²) in [6, 6.07) is 15.5. The van der Waals surface area contributed by atoms with Crippen molar-refractivity contribution < 1.29 is 9.53 Å². The van der Waals surface area contributed by atoms with Crippen LogP contribution in [0.1, 0.15) is 29.5 Å². The Balaban J connectivity index is 2.13. The van der Waals surface area contributed by atoms with Crippen molar-refractivity contribution in [3.63, 3.8) is 0 Å². The number of carbonyl (C=O) groups excluding carboxylic acids is 1. The van der Waals surface area contributed by atoms with Gasteiger partial charge in [-0.2, -0.15) is 0 Å². The zero-order valence-corrected chi connectivity index (χ0v) is 11.5. The molecule has 98 valence electrons. The zero-order valence-electron chi connectivity index (χ0n) is 11.5. The van der Waals surface area contributed by atoms with Gasteiger partial charge in [0.25, 0.3) is 0 Å². The van der Waals surface area contributed by atoms with Gasteiger partial charge in [0.1, 0.15) is 5.75 Å². The lowest BCUT2D eigenvalue weighted by Crippen LogP contribution is -2.16. The third-order valence-corrected chi connectivity index (χ3v) is 3.07.